The zero-order valence-corrected chi connectivity index (χ0v) is 12.4. The van der Waals surface area contributed by atoms with Crippen LogP contribution in [0, 0.1) is 5.92 Å². The fourth-order valence-electron chi connectivity index (χ4n) is 2.53. The van der Waals surface area contributed by atoms with Crippen LogP contribution in [0.3, 0.4) is 0 Å². The topological polar surface area (TPSA) is 29.3 Å². The van der Waals surface area contributed by atoms with Crippen LogP contribution in [-0.4, -0.2) is 24.5 Å². The lowest BCUT2D eigenvalue weighted by atomic mass is 9.95. The smallest absolute Gasteiger partial charge is 0.0406 e. The molecule has 0 saturated carbocycles. The van der Waals surface area contributed by atoms with E-state index in [0.29, 0.717) is 6.04 Å². The van der Waals surface area contributed by atoms with Gasteiger partial charge in [0.1, 0.15) is 0 Å². The highest BCUT2D eigenvalue weighted by Crippen LogP contribution is 2.26. The summed E-state index contributed by atoms with van der Waals surface area (Å²) in [6.45, 7) is 5.42. The van der Waals surface area contributed by atoms with Crippen molar-refractivity contribution in [2.24, 2.45) is 11.7 Å². The average Bonchev–Trinajstić information content (AvgIpc) is 2.39. The fraction of sp³-hybridized carbons (Fsp3) is 0.571. The Hall–Kier alpha value is -0.280. The number of likely N-dealkylation sites (tertiary alicyclic amines) is 1. The highest BCUT2D eigenvalue weighted by atomic mass is 35.5. The van der Waals surface area contributed by atoms with Crippen molar-refractivity contribution in [2.45, 2.75) is 25.8 Å². The molecule has 1 aliphatic heterocycles. The van der Waals surface area contributed by atoms with Crippen LogP contribution in [0.5, 0.6) is 0 Å². The minimum absolute atomic E-state index is 0. The first-order chi connectivity index (χ1) is 8.20. The Kier molecular flexibility index (Phi) is 6.44. The van der Waals surface area contributed by atoms with Crippen LogP contribution in [0.1, 0.15) is 31.4 Å². The minimum atomic E-state index is 0. The Morgan fingerprint density at radius 1 is 1.28 bits per heavy atom. The Balaban J connectivity index is 0.00000162. The molecular weight excluding hydrogens is 267 g/mol. The molecule has 1 atom stereocenters. The summed E-state index contributed by atoms with van der Waals surface area (Å²) in [5.41, 5.74) is 7.07. The largest absolute Gasteiger partial charge is 0.330 e. The van der Waals surface area contributed by atoms with Gasteiger partial charge in [-0.1, -0.05) is 23.7 Å². The standard InChI is InChI=1S/C14H21ClN2.ClH/c1-11(13-2-4-14(15)5-3-13)17-8-6-12(10-16)7-9-17;/h2-5,11-12H,6-10,16H2,1H3;1H. The molecule has 1 saturated heterocycles. The zero-order chi connectivity index (χ0) is 12.3. The van der Waals surface area contributed by atoms with E-state index in [-0.39, 0.29) is 12.4 Å². The number of nitrogens with two attached hydrogens (primary N) is 1. The van der Waals surface area contributed by atoms with Gasteiger partial charge < -0.3 is 5.73 Å². The normalized spacial score (nSPS) is 19.3. The summed E-state index contributed by atoms with van der Waals surface area (Å²) in [7, 11) is 0. The van der Waals surface area contributed by atoms with Gasteiger partial charge >= 0.3 is 0 Å². The van der Waals surface area contributed by atoms with Gasteiger partial charge in [-0.15, -0.1) is 12.4 Å². The van der Waals surface area contributed by atoms with Gasteiger partial charge in [-0.2, -0.15) is 0 Å². The van der Waals surface area contributed by atoms with Crippen LogP contribution >= 0.6 is 24.0 Å². The van der Waals surface area contributed by atoms with E-state index < -0.39 is 0 Å². The average molecular weight is 289 g/mol. The van der Waals surface area contributed by atoms with E-state index in [0.717, 1.165) is 30.6 Å². The molecule has 2 N–H and O–H groups in total. The van der Waals surface area contributed by atoms with Gasteiger partial charge in [0.05, 0.1) is 0 Å². The van der Waals surface area contributed by atoms with Gasteiger partial charge in [0.15, 0.2) is 0 Å². The summed E-state index contributed by atoms with van der Waals surface area (Å²) in [5.74, 6) is 0.726. The summed E-state index contributed by atoms with van der Waals surface area (Å²) >= 11 is 5.91. The van der Waals surface area contributed by atoms with E-state index in [1.54, 1.807) is 0 Å². The molecule has 1 heterocycles. The molecule has 1 aliphatic rings. The van der Waals surface area contributed by atoms with Gasteiger partial charge in [-0.05, 0) is 63.0 Å². The maximum atomic E-state index is 5.91. The lowest BCUT2D eigenvalue weighted by Crippen LogP contribution is -2.37. The van der Waals surface area contributed by atoms with Gasteiger partial charge in [0, 0.05) is 11.1 Å². The predicted octanol–water partition coefficient (Wildman–Crippen LogP) is 3.49. The maximum Gasteiger partial charge on any atom is 0.0406 e. The molecule has 2 nitrogen and oxygen atoms in total. The van der Waals surface area contributed by atoms with Gasteiger partial charge in [0.25, 0.3) is 0 Å². The fourth-order valence-corrected chi connectivity index (χ4v) is 2.65. The number of rotatable bonds is 3. The van der Waals surface area contributed by atoms with Crippen molar-refractivity contribution < 1.29 is 0 Å². The molecule has 18 heavy (non-hydrogen) atoms. The highest BCUT2D eigenvalue weighted by molar-refractivity contribution is 6.30. The van der Waals surface area contributed by atoms with Gasteiger partial charge in [0.2, 0.25) is 0 Å². The first-order valence-electron chi connectivity index (χ1n) is 6.40. The summed E-state index contributed by atoms with van der Waals surface area (Å²) in [4.78, 5) is 2.54. The third-order valence-electron chi connectivity index (χ3n) is 3.88. The lowest BCUT2D eigenvalue weighted by molar-refractivity contribution is 0.143. The molecule has 1 aromatic rings. The van der Waals surface area contributed by atoms with Crippen molar-refractivity contribution in [3.05, 3.63) is 34.9 Å². The van der Waals surface area contributed by atoms with E-state index in [2.05, 4.69) is 24.0 Å². The van der Waals surface area contributed by atoms with Crippen molar-refractivity contribution in [3.63, 3.8) is 0 Å². The molecule has 1 aromatic carbocycles. The summed E-state index contributed by atoms with van der Waals surface area (Å²) in [5, 5.41) is 0.808. The molecule has 1 fully saturated rings. The van der Waals surface area contributed by atoms with Gasteiger partial charge in [-0.25, -0.2) is 0 Å². The van der Waals surface area contributed by atoms with Gasteiger partial charge in [-0.3, -0.25) is 4.90 Å². The first-order valence-corrected chi connectivity index (χ1v) is 6.78. The Morgan fingerprint density at radius 2 is 1.83 bits per heavy atom. The second kappa shape index (κ2) is 7.34. The van der Waals surface area contributed by atoms with Crippen molar-refractivity contribution in [1.29, 1.82) is 0 Å². The van der Waals surface area contributed by atoms with E-state index >= 15 is 0 Å². The quantitative estimate of drug-likeness (QED) is 0.923. The maximum absolute atomic E-state index is 5.91. The number of hydrogen-bond donors (Lipinski definition) is 1. The van der Waals surface area contributed by atoms with Crippen LogP contribution < -0.4 is 5.73 Å². The van der Waals surface area contributed by atoms with Crippen molar-refractivity contribution in [1.82, 2.24) is 4.90 Å². The van der Waals surface area contributed by atoms with Crippen molar-refractivity contribution >= 4 is 24.0 Å². The van der Waals surface area contributed by atoms with Crippen molar-refractivity contribution in [3.8, 4) is 0 Å². The molecule has 102 valence electrons. The molecule has 0 bridgehead atoms. The van der Waals surface area contributed by atoms with E-state index in [4.69, 9.17) is 17.3 Å². The minimum Gasteiger partial charge on any atom is -0.330 e. The monoisotopic (exact) mass is 288 g/mol. The van der Waals surface area contributed by atoms with E-state index in [1.165, 1.54) is 18.4 Å². The summed E-state index contributed by atoms with van der Waals surface area (Å²) in [6.07, 6.45) is 2.46. The van der Waals surface area contributed by atoms with E-state index in [9.17, 15) is 0 Å². The van der Waals surface area contributed by atoms with Crippen LogP contribution in [0.4, 0.5) is 0 Å². The lowest BCUT2D eigenvalue weighted by Gasteiger charge is -2.35. The van der Waals surface area contributed by atoms with Crippen LogP contribution in [-0.2, 0) is 0 Å². The third kappa shape index (κ3) is 3.86. The zero-order valence-electron chi connectivity index (χ0n) is 10.8. The Bertz CT molecular complexity index is 345. The molecule has 0 amide bonds. The molecule has 2 rings (SSSR count). The second-order valence-electron chi connectivity index (χ2n) is 4.94. The molecule has 0 radical (unpaired) electrons. The number of halogens is 2. The second-order valence-corrected chi connectivity index (χ2v) is 5.38. The molecule has 4 heteroatoms. The van der Waals surface area contributed by atoms with E-state index in [1.807, 2.05) is 12.1 Å². The highest BCUT2D eigenvalue weighted by Gasteiger charge is 2.22. The Morgan fingerprint density at radius 3 is 2.33 bits per heavy atom. The third-order valence-corrected chi connectivity index (χ3v) is 4.13. The van der Waals surface area contributed by atoms with Crippen molar-refractivity contribution in [2.75, 3.05) is 19.6 Å². The summed E-state index contributed by atoms with van der Waals surface area (Å²) in [6, 6.07) is 8.68. The Labute approximate surface area is 121 Å². The molecule has 1 unspecified atom stereocenters. The summed E-state index contributed by atoms with van der Waals surface area (Å²) < 4.78 is 0. The number of piperidine rings is 1. The first kappa shape index (κ1) is 15.8. The number of hydrogen-bond acceptors (Lipinski definition) is 2. The molecular formula is C14H22Cl2N2. The predicted molar refractivity (Wildman–Crippen MR) is 80.5 cm³/mol. The van der Waals surface area contributed by atoms with Crippen LogP contribution in [0.2, 0.25) is 5.02 Å². The number of benzene rings is 1. The molecule has 0 aromatic heterocycles. The molecule has 0 spiro atoms. The SMILES string of the molecule is CC(c1ccc(Cl)cc1)N1CCC(CN)CC1.Cl. The number of nitrogens with zero attached hydrogens (tertiary/aromatic N) is 1. The van der Waals surface area contributed by atoms with Crippen LogP contribution in [0.15, 0.2) is 24.3 Å². The molecule has 0 aliphatic carbocycles. The van der Waals surface area contributed by atoms with Crippen LogP contribution in [0.25, 0.3) is 0 Å².